The Morgan fingerprint density at radius 2 is 2.08 bits per heavy atom. The van der Waals surface area contributed by atoms with Crippen LogP contribution in [0.5, 0.6) is 0 Å². The van der Waals surface area contributed by atoms with Gasteiger partial charge in [-0.1, -0.05) is 0 Å². The minimum atomic E-state index is -0.0680. The summed E-state index contributed by atoms with van der Waals surface area (Å²) in [6, 6.07) is 0. The van der Waals surface area contributed by atoms with E-state index in [1.807, 2.05) is 11.8 Å². The van der Waals surface area contributed by atoms with E-state index in [4.69, 9.17) is 5.73 Å². The van der Waals surface area contributed by atoms with Gasteiger partial charge in [0.25, 0.3) is 0 Å². The highest BCUT2D eigenvalue weighted by atomic mass is 32.2. The van der Waals surface area contributed by atoms with Gasteiger partial charge in [-0.15, -0.1) is 0 Å². The van der Waals surface area contributed by atoms with Crippen molar-refractivity contribution in [2.24, 2.45) is 23.5 Å². The first kappa shape index (κ1) is 8.42. The highest BCUT2D eigenvalue weighted by Gasteiger charge is 2.49. The van der Waals surface area contributed by atoms with Gasteiger partial charge in [0.05, 0.1) is 5.92 Å². The van der Waals surface area contributed by atoms with Crippen molar-refractivity contribution < 1.29 is 4.79 Å². The molecule has 0 saturated heterocycles. The highest BCUT2D eigenvalue weighted by molar-refractivity contribution is 7.99. The topological polar surface area (TPSA) is 43.1 Å². The van der Waals surface area contributed by atoms with Crippen LogP contribution in [0.25, 0.3) is 0 Å². The minimum absolute atomic E-state index is 0.0680. The quantitative estimate of drug-likeness (QED) is 0.703. The van der Waals surface area contributed by atoms with Crippen LogP contribution in [0.15, 0.2) is 0 Å². The standard InChI is InChI=1S/C9H15NOS/c1-12-8-6-3-2-5(4-6)7(8)9(10)11/h5-8H,2-4H2,1H3,(H2,10,11)/t5?,6?,7-,8+/m0/s1. The highest BCUT2D eigenvalue weighted by Crippen LogP contribution is 2.52. The van der Waals surface area contributed by atoms with Gasteiger partial charge < -0.3 is 5.73 Å². The first-order valence-corrected chi connectivity index (χ1v) is 5.85. The largest absolute Gasteiger partial charge is 0.369 e. The summed E-state index contributed by atoms with van der Waals surface area (Å²) < 4.78 is 0. The van der Waals surface area contributed by atoms with Crippen molar-refractivity contribution >= 4 is 17.7 Å². The van der Waals surface area contributed by atoms with Crippen molar-refractivity contribution in [3.63, 3.8) is 0 Å². The third-order valence-electron chi connectivity index (χ3n) is 3.44. The monoisotopic (exact) mass is 185 g/mol. The molecule has 2 rings (SSSR count). The molecule has 0 spiro atoms. The molecule has 0 heterocycles. The molecule has 2 aliphatic rings. The molecule has 4 atom stereocenters. The van der Waals surface area contributed by atoms with Crippen molar-refractivity contribution in [1.82, 2.24) is 0 Å². The summed E-state index contributed by atoms with van der Waals surface area (Å²) in [5.41, 5.74) is 5.40. The number of fused-ring (bicyclic) bond motifs is 2. The second-order valence-corrected chi connectivity index (χ2v) is 4.98. The molecule has 2 saturated carbocycles. The summed E-state index contributed by atoms with van der Waals surface area (Å²) >= 11 is 1.83. The second-order valence-electron chi connectivity index (χ2n) is 3.96. The van der Waals surface area contributed by atoms with E-state index in [1.54, 1.807) is 0 Å². The number of amides is 1. The van der Waals surface area contributed by atoms with Crippen LogP contribution in [0.1, 0.15) is 19.3 Å². The fourth-order valence-electron chi connectivity index (χ4n) is 2.97. The molecule has 2 nitrogen and oxygen atoms in total. The molecule has 2 bridgehead atoms. The number of thioether (sulfide) groups is 1. The summed E-state index contributed by atoms with van der Waals surface area (Å²) in [5, 5.41) is 0.529. The summed E-state index contributed by atoms with van der Waals surface area (Å²) in [5.74, 6) is 1.51. The SMILES string of the molecule is CS[C@@H]1C2CCC(C2)[C@@H]1C(N)=O. The molecule has 0 aromatic heterocycles. The molecule has 0 radical (unpaired) electrons. The van der Waals surface area contributed by atoms with E-state index in [2.05, 4.69) is 6.26 Å². The Morgan fingerprint density at radius 1 is 1.42 bits per heavy atom. The van der Waals surface area contributed by atoms with Crippen molar-refractivity contribution in [3.05, 3.63) is 0 Å². The van der Waals surface area contributed by atoms with Crippen LogP contribution in [-0.4, -0.2) is 17.4 Å². The average molecular weight is 185 g/mol. The second kappa shape index (κ2) is 2.95. The first-order valence-electron chi connectivity index (χ1n) is 4.56. The zero-order chi connectivity index (χ0) is 8.72. The lowest BCUT2D eigenvalue weighted by molar-refractivity contribution is -0.123. The third-order valence-corrected chi connectivity index (χ3v) is 4.66. The summed E-state index contributed by atoms with van der Waals surface area (Å²) in [6.45, 7) is 0. The minimum Gasteiger partial charge on any atom is -0.369 e. The smallest absolute Gasteiger partial charge is 0.221 e. The van der Waals surface area contributed by atoms with E-state index in [9.17, 15) is 4.79 Å². The molecule has 2 unspecified atom stereocenters. The van der Waals surface area contributed by atoms with Crippen LogP contribution in [-0.2, 0) is 4.79 Å². The third kappa shape index (κ3) is 1.06. The molecular weight excluding hydrogens is 170 g/mol. The molecule has 0 aliphatic heterocycles. The Labute approximate surface area is 77.3 Å². The Bertz CT molecular complexity index is 207. The maximum absolute atomic E-state index is 11.2. The molecule has 68 valence electrons. The van der Waals surface area contributed by atoms with Gasteiger partial charge >= 0.3 is 0 Å². The van der Waals surface area contributed by atoms with E-state index in [-0.39, 0.29) is 11.8 Å². The first-order chi connectivity index (χ1) is 5.74. The van der Waals surface area contributed by atoms with Crippen LogP contribution in [0.2, 0.25) is 0 Å². The Balaban J connectivity index is 2.16. The number of nitrogens with two attached hydrogens (primary N) is 1. The number of rotatable bonds is 2. The molecule has 12 heavy (non-hydrogen) atoms. The number of carbonyl (C=O) groups excluding carboxylic acids is 1. The zero-order valence-corrected chi connectivity index (χ0v) is 8.14. The van der Waals surface area contributed by atoms with Crippen LogP contribution in [0, 0.1) is 17.8 Å². The number of hydrogen-bond donors (Lipinski definition) is 1. The van der Waals surface area contributed by atoms with Gasteiger partial charge in [-0.3, -0.25) is 4.79 Å². The van der Waals surface area contributed by atoms with Gasteiger partial charge in [0.1, 0.15) is 0 Å². The van der Waals surface area contributed by atoms with Crippen molar-refractivity contribution in [3.8, 4) is 0 Å². The lowest BCUT2D eigenvalue weighted by Crippen LogP contribution is -2.36. The molecule has 0 aromatic rings. The number of carbonyl (C=O) groups is 1. The molecule has 1 amide bonds. The molecule has 2 N–H and O–H groups in total. The van der Waals surface area contributed by atoms with Gasteiger partial charge in [0, 0.05) is 5.25 Å². The molecule has 2 fully saturated rings. The van der Waals surface area contributed by atoms with Crippen molar-refractivity contribution in [1.29, 1.82) is 0 Å². The van der Waals surface area contributed by atoms with Crippen LogP contribution >= 0.6 is 11.8 Å². The number of primary amides is 1. The van der Waals surface area contributed by atoms with Gasteiger partial charge in [-0.2, -0.15) is 11.8 Å². The normalized spacial score (nSPS) is 45.1. The van der Waals surface area contributed by atoms with Crippen molar-refractivity contribution in [2.75, 3.05) is 6.26 Å². The maximum Gasteiger partial charge on any atom is 0.221 e. The van der Waals surface area contributed by atoms with Gasteiger partial charge in [-0.25, -0.2) is 0 Å². The van der Waals surface area contributed by atoms with Crippen LogP contribution in [0.3, 0.4) is 0 Å². The van der Waals surface area contributed by atoms with Crippen LogP contribution < -0.4 is 5.73 Å². The Morgan fingerprint density at radius 3 is 2.58 bits per heavy atom. The van der Waals surface area contributed by atoms with Crippen molar-refractivity contribution in [2.45, 2.75) is 24.5 Å². The molecule has 2 aliphatic carbocycles. The van der Waals surface area contributed by atoms with E-state index < -0.39 is 0 Å². The predicted octanol–water partition coefficient (Wildman–Crippen LogP) is 1.25. The number of hydrogen-bond acceptors (Lipinski definition) is 2. The summed E-state index contributed by atoms with van der Waals surface area (Å²) in [7, 11) is 0. The zero-order valence-electron chi connectivity index (χ0n) is 7.32. The Hall–Kier alpha value is -0.180. The van der Waals surface area contributed by atoms with E-state index in [0.717, 1.165) is 5.92 Å². The van der Waals surface area contributed by atoms with E-state index in [0.29, 0.717) is 11.2 Å². The fourth-order valence-corrected chi connectivity index (χ4v) is 4.25. The predicted molar refractivity (Wildman–Crippen MR) is 50.8 cm³/mol. The maximum atomic E-state index is 11.2. The molecule has 3 heteroatoms. The van der Waals surface area contributed by atoms with Gasteiger partial charge in [0.2, 0.25) is 5.91 Å². The Kier molecular flexibility index (Phi) is 2.07. The molecular formula is C9H15NOS. The van der Waals surface area contributed by atoms with E-state index >= 15 is 0 Å². The summed E-state index contributed by atoms with van der Waals surface area (Å²) in [4.78, 5) is 11.2. The molecule has 0 aromatic carbocycles. The average Bonchev–Trinajstić information content (AvgIpc) is 2.60. The van der Waals surface area contributed by atoms with E-state index in [1.165, 1.54) is 19.3 Å². The van der Waals surface area contributed by atoms with Crippen LogP contribution in [0.4, 0.5) is 0 Å². The van der Waals surface area contributed by atoms with Gasteiger partial charge in [-0.05, 0) is 37.4 Å². The fraction of sp³-hybridized carbons (Fsp3) is 0.889. The van der Waals surface area contributed by atoms with Gasteiger partial charge in [0.15, 0.2) is 0 Å². The lowest BCUT2D eigenvalue weighted by atomic mass is 9.88. The lowest BCUT2D eigenvalue weighted by Gasteiger charge is -2.26. The summed E-state index contributed by atoms with van der Waals surface area (Å²) in [6.07, 6.45) is 5.90.